The van der Waals surface area contributed by atoms with Gasteiger partial charge in [0.15, 0.2) is 11.4 Å². The third-order valence-electron chi connectivity index (χ3n) is 4.78. The summed E-state index contributed by atoms with van der Waals surface area (Å²) in [4.78, 5) is 4.63. The van der Waals surface area contributed by atoms with Crippen LogP contribution < -0.4 is 0 Å². The minimum absolute atomic E-state index is 0.360. The van der Waals surface area contributed by atoms with Gasteiger partial charge < -0.3 is 14.0 Å². The molecule has 2 aromatic rings. The van der Waals surface area contributed by atoms with Crippen molar-refractivity contribution in [3.63, 3.8) is 0 Å². The molecule has 1 saturated carbocycles. The van der Waals surface area contributed by atoms with E-state index < -0.39 is 5.60 Å². The van der Waals surface area contributed by atoms with Crippen LogP contribution in [0.3, 0.4) is 0 Å². The fourth-order valence-corrected chi connectivity index (χ4v) is 3.31. The van der Waals surface area contributed by atoms with Crippen molar-refractivity contribution in [2.75, 3.05) is 20.3 Å². The van der Waals surface area contributed by atoms with Crippen LogP contribution in [0.15, 0.2) is 34.9 Å². The SMILES string of the molecule is COC1(c2nc([C@@H]3C[C@H]3c3ccccc3)no2)CCCOC1. The molecule has 1 aromatic heterocycles. The minimum Gasteiger partial charge on any atom is -0.378 e. The number of methoxy groups -OCH3 is 1. The Kier molecular flexibility index (Phi) is 3.47. The van der Waals surface area contributed by atoms with Gasteiger partial charge in [-0.15, -0.1) is 0 Å². The third-order valence-corrected chi connectivity index (χ3v) is 4.78. The van der Waals surface area contributed by atoms with E-state index in [0.29, 0.717) is 24.3 Å². The smallest absolute Gasteiger partial charge is 0.261 e. The van der Waals surface area contributed by atoms with Gasteiger partial charge in [-0.2, -0.15) is 4.98 Å². The summed E-state index contributed by atoms with van der Waals surface area (Å²) in [7, 11) is 1.68. The lowest BCUT2D eigenvalue weighted by Crippen LogP contribution is -2.38. The van der Waals surface area contributed by atoms with Crippen LogP contribution in [0.1, 0.15) is 48.4 Å². The average Bonchev–Trinajstić information content (AvgIpc) is 3.24. The standard InChI is InChI=1S/C17H20N2O3/c1-20-17(8-5-9-21-11-17)16-18-15(19-22-16)14-10-13(14)12-6-3-2-4-7-12/h2-4,6-7,13-14H,5,8-11H2,1H3/t13-,14+,17?/m0/s1. The second-order valence-electron chi connectivity index (χ2n) is 6.17. The largest absolute Gasteiger partial charge is 0.378 e. The maximum Gasteiger partial charge on any atom is 0.261 e. The molecule has 0 spiro atoms. The zero-order chi connectivity index (χ0) is 15.0. The molecule has 2 aliphatic rings. The molecule has 0 radical (unpaired) electrons. The van der Waals surface area contributed by atoms with Gasteiger partial charge in [0.25, 0.3) is 5.89 Å². The van der Waals surface area contributed by atoms with Crippen LogP contribution in [0.5, 0.6) is 0 Å². The Morgan fingerprint density at radius 2 is 2.09 bits per heavy atom. The summed E-state index contributed by atoms with van der Waals surface area (Å²) in [6.45, 7) is 1.25. The van der Waals surface area contributed by atoms with E-state index in [1.54, 1.807) is 7.11 Å². The van der Waals surface area contributed by atoms with Gasteiger partial charge in [-0.1, -0.05) is 35.5 Å². The summed E-state index contributed by atoms with van der Waals surface area (Å²) in [5.74, 6) is 2.22. The zero-order valence-electron chi connectivity index (χ0n) is 12.7. The molecule has 5 nitrogen and oxygen atoms in total. The molecule has 3 atom stereocenters. The maximum atomic E-state index is 5.67. The van der Waals surface area contributed by atoms with E-state index >= 15 is 0 Å². The Morgan fingerprint density at radius 1 is 1.23 bits per heavy atom. The number of rotatable bonds is 4. The van der Waals surface area contributed by atoms with Crippen LogP contribution in [0.4, 0.5) is 0 Å². The summed E-state index contributed by atoms with van der Waals surface area (Å²) >= 11 is 0. The molecule has 0 N–H and O–H groups in total. The van der Waals surface area contributed by atoms with Crippen molar-refractivity contribution in [2.45, 2.75) is 36.7 Å². The molecule has 22 heavy (non-hydrogen) atoms. The van der Waals surface area contributed by atoms with Crippen molar-refractivity contribution in [1.82, 2.24) is 10.1 Å². The Labute approximate surface area is 129 Å². The van der Waals surface area contributed by atoms with Gasteiger partial charge in [-0.3, -0.25) is 0 Å². The molecule has 116 valence electrons. The molecule has 5 heteroatoms. The number of nitrogens with zero attached hydrogens (tertiary/aromatic N) is 2. The normalized spacial score (nSPS) is 31.1. The molecule has 1 aliphatic heterocycles. The van der Waals surface area contributed by atoms with Crippen LogP contribution in [-0.2, 0) is 15.1 Å². The van der Waals surface area contributed by atoms with Gasteiger partial charge in [0.1, 0.15) is 0 Å². The Morgan fingerprint density at radius 3 is 2.82 bits per heavy atom. The van der Waals surface area contributed by atoms with E-state index in [-0.39, 0.29) is 0 Å². The lowest BCUT2D eigenvalue weighted by atomic mass is 9.96. The number of benzene rings is 1. The van der Waals surface area contributed by atoms with Gasteiger partial charge in [-0.05, 0) is 30.7 Å². The quantitative estimate of drug-likeness (QED) is 0.868. The Balaban J connectivity index is 1.53. The van der Waals surface area contributed by atoms with E-state index in [0.717, 1.165) is 31.7 Å². The monoisotopic (exact) mass is 300 g/mol. The third kappa shape index (κ3) is 2.34. The molecule has 2 fully saturated rings. The van der Waals surface area contributed by atoms with Crippen molar-refractivity contribution < 1.29 is 14.0 Å². The first kappa shape index (κ1) is 13.9. The number of aromatic nitrogens is 2. The molecular formula is C17H20N2O3. The van der Waals surface area contributed by atoms with Crippen molar-refractivity contribution in [2.24, 2.45) is 0 Å². The molecule has 1 unspecified atom stereocenters. The van der Waals surface area contributed by atoms with Crippen molar-refractivity contribution in [3.8, 4) is 0 Å². The van der Waals surface area contributed by atoms with Gasteiger partial charge in [0.05, 0.1) is 6.61 Å². The first-order chi connectivity index (χ1) is 10.8. The first-order valence-electron chi connectivity index (χ1n) is 7.84. The van der Waals surface area contributed by atoms with Gasteiger partial charge in [0.2, 0.25) is 0 Å². The Hall–Kier alpha value is -1.72. The summed E-state index contributed by atoms with van der Waals surface area (Å²) in [6, 6.07) is 10.5. The van der Waals surface area contributed by atoms with Gasteiger partial charge >= 0.3 is 0 Å². The van der Waals surface area contributed by atoms with E-state index in [1.165, 1.54) is 5.56 Å². The highest BCUT2D eigenvalue weighted by Crippen LogP contribution is 2.53. The zero-order valence-corrected chi connectivity index (χ0v) is 12.7. The summed E-state index contributed by atoms with van der Waals surface area (Å²) < 4.78 is 16.7. The number of hydrogen-bond acceptors (Lipinski definition) is 5. The fraction of sp³-hybridized carbons (Fsp3) is 0.529. The Bertz CT molecular complexity index is 634. The summed E-state index contributed by atoms with van der Waals surface area (Å²) in [6.07, 6.45) is 2.89. The molecule has 0 amide bonds. The van der Waals surface area contributed by atoms with Crippen LogP contribution in [0.25, 0.3) is 0 Å². The fourth-order valence-electron chi connectivity index (χ4n) is 3.31. The van der Waals surface area contributed by atoms with E-state index in [2.05, 4.69) is 34.4 Å². The lowest BCUT2D eigenvalue weighted by Gasteiger charge is -2.31. The van der Waals surface area contributed by atoms with Crippen molar-refractivity contribution in [1.29, 1.82) is 0 Å². The topological polar surface area (TPSA) is 57.4 Å². The van der Waals surface area contributed by atoms with Crippen molar-refractivity contribution >= 4 is 0 Å². The predicted octanol–water partition coefficient (Wildman–Crippen LogP) is 2.99. The van der Waals surface area contributed by atoms with Crippen LogP contribution in [0, 0.1) is 0 Å². The van der Waals surface area contributed by atoms with Gasteiger partial charge in [0, 0.05) is 19.6 Å². The van der Waals surface area contributed by atoms with Crippen LogP contribution in [0.2, 0.25) is 0 Å². The van der Waals surface area contributed by atoms with Crippen LogP contribution in [-0.4, -0.2) is 30.5 Å². The van der Waals surface area contributed by atoms with Crippen molar-refractivity contribution in [3.05, 3.63) is 47.6 Å². The molecule has 0 bridgehead atoms. The molecule has 1 saturated heterocycles. The van der Waals surface area contributed by atoms with E-state index in [9.17, 15) is 0 Å². The molecule has 1 aromatic carbocycles. The highest BCUT2D eigenvalue weighted by Gasteiger charge is 2.46. The molecule has 2 heterocycles. The molecule has 4 rings (SSSR count). The van der Waals surface area contributed by atoms with Crippen LogP contribution >= 0.6 is 0 Å². The second kappa shape index (κ2) is 5.48. The highest BCUT2D eigenvalue weighted by atomic mass is 16.6. The van der Waals surface area contributed by atoms with E-state index in [1.807, 2.05) is 6.07 Å². The summed E-state index contributed by atoms with van der Waals surface area (Å²) in [5, 5.41) is 4.20. The first-order valence-corrected chi connectivity index (χ1v) is 7.84. The second-order valence-corrected chi connectivity index (χ2v) is 6.17. The highest BCUT2D eigenvalue weighted by molar-refractivity contribution is 5.31. The van der Waals surface area contributed by atoms with Gasteiger partial charge in [-0.25, -0.2) is 0 Å². The predicted molar refractivity (Wildman–Crippen MR) is 79.6 cm³/mol. The number of hydrogen-bond donors (Lipinski definition) is 0. The summed E-state index contributed by atoms with van der Waals surface area (Å²) in [5.41, 5.74) is 0.780. The molecule has 1 aliphatic carbocycles. The molecular weight excluding hydrogens is 280 g/mol. The van der Waals surface area contributed by atoms with E-state index in [4.69, 9.17) is 14.0 Å². The number of ether oxygens (including phenoxy) is 2. The average molecular weight is 300 g/mol. The lowest BCUT2D eigenvalue weighted by molar-refractivity contribution is -0.130. The minimum atomic E-state index is -0.569. The maximum absolute atomic E-state index is 5.67.